The van der Waals surface area contributed by atoms with E-state index >= 15 is 0 Å². The van der Waals surface area contributed by atoms with E-state index in [-0.39, 0.29) is 23.8 Å². The summed E-state index contributed by atoms with van der Waals surface area (Å²) in [5.41, 5.74) is 16.9. The summed E-state index contributed by atoms with van der Waals surface area (Å²) in [6.07, 6.45) is 6.65. The Hall–Kier alpha value is -3.09. The Morgan fingerprint density at radius 1 is 1.24 bits per heavy atom. The molecule has 1 aliphatic carbocycles. The van der Waals surface area contributed by atoms with E-state index in [9.17, 15) is 4.39 Å². The number of hydrogen-bond acceptors (Lipinski definition) is 7. The average Bonchev–Trinajstić information content (AvgIpc) is 3.28. The molecule has 1 saturated carbocycles. The molecule has 6 nitrogen and oxygen atoms in total. The lowest BCUT2D eigenvalue weighted by Crippen LogP contribution is -2.33. The van der Waals surface area contributed by atoms with Gasteiger partial charge in [0.2, 0.25) is 0 Å². The second-order valence-electron chi connectivity index (χ2n) is 9.58. The molecule has 37 heavy (non-hydrogen) atoms. The fourth-order valence-corrected chi connectivity index (χ4v) is 5.78. The van der Waals surface area contributed by atoms with Crippen molar-refractivity contribution in [2.45, 2.75) is 50.3 Å². The van der Waals surface area contributed by atoms with Crippen molar-refractivity contribution in [3.63, 3.8) is 0 Å². The zero-order valence-electron chi connectivity index (χ0n) is 21.3. The molecule has 0 amide bonds. The first kappa shape index (κ1) is 27.0. The molecule has 1 aliphatic rings. The molecule has 3 aromatic rings. The first-order chi connectivity index (χ1) is 17.9. The van der Waals surface area contributed by atoms with Gasteiger partial charge in [0.15, 0.2) is 0 Å². The monoisotopic (exact) mass is 519 g/mol. The first-order valence-electron chi connectivity index (χ1n) is 12.6. The van der Waals surface area contributed by atoms with Gasteiger partial charge in [0.25, 0.3) is 0 Å². The highest BCUT2D eigenvalue weighted by atomic mass is 32.1. The molecule has 2 aromatic carbocycles. The second-order valence-corrected chi connectivity index (χ2v) is 10.7. The van der Waals surface area contributed by atoms with Crippen LogP contribution in [0.15, 0.2) is 47.5 Å². The van der Waals surface area contributed by atoms with Gasteiger partial charge in [0.1, 0.15) is 11.9 Å². The Morgan fingerprint density at radius 2 is 2.03 bits per heavy atom. The van der Waals surface area contributed by atoms with Crippen LogP contribution in [0.25, 0.3) is 21.6 Å². The maximum absolute atomic E-state index is 14.6. The van der Waals surface area contributed by atoms with Gasteiger partial charge in [-0.05, 0) is 87.2 Å². The topological polar surface area (TPSA) is 109 Å². The number of methoxy groups -OCH3 is 1. The zero-order valence-corrected chi connectivity index (χ0v) is 22.2. The van der Waals surface area contributed by atoms with Crippen molar-refractivity contribution in [1.29, 1.82) is 5.26 Å². The Bertz CT molecular complexity index is 1290. The van der Waals surface area contributed by atoms with Crippen molar-refractivity contribution in [3.05, 3.63) is 64.3 Å². The summed E-state index contributed by atoms with van der Waals surface area (Å²) in [7, 11) is 3.67. The van der Waals surface area contributed by atoms with Gasteiger partial charge < -0.3 is 21.5 Å². The summed E-state index contributed by atoms with van der Waals surface area (Å²) < 4.78 is 19.9. The quantitative estimate of drug-likeness (QED) is 0.185. The van der Waals surface area contributed by atoms with Gasteiger partial charge in [-0.2, -0.15) is 5.26 Å². The highest BCUT2D eigenvalue weighted by molar-refractivity contribution is 7.16. The van der Waals surface area contributed by atoms with Gasteiger partial charge in [0.05, 0.1) is 17.7 Å². The van der Waals surface area contributed by atoms with E-state index < -0.39 is 5.82 Å². The lowest BCUT2D eigenvalue weighted by Gasteiger charge is -2.30. The molecule has 1 aromatic heterocycles. The van der Waals surface area contributed by atoms with Gasteiger partial charge in [-0.1, -0.05) is 12.1 Å². The largest absolute Gasteiger partial charge is 0.398 e. The molecule has 0 aliphatic heterocycles. The minimum Gasteiger partial charge on any atom is -0.398 e. The van der Waals surface area contributed by atoms with Crippen LogP contribution in [0.3, 0.4) is 0 Å². The second kappa shape index (κ2) is 12.4. The molecule has 1 unspecified atom stereocenters. The number of hydrogen-bond donors (Lipinski definition) is 3. The lowest BCUT2D eigenvalue weighted by molar-refractivity contribution is 0.0286. The van der Waals surface area contributed by atoms with E-state index in [1.165, 1.54) is 12.1 Å². The van der Waals surface area contributed by atoms with Crippen LogP contribution >= 0.6 is 11.3 Å². The number of aliphatic imine (C=N–C) groups is 1. The number of anilines is 1. The third kappa shape index (κ3) is 6.62. The molecule has 1 atom stereocenters. The minimum absolute atomic E-state index is 0.0324. The molecule has 194 valence electrons. The van der Waals surface area contributed by atoms with Crippen LogP contribution in [0.1, 0.15) is 41.7 Å². The highest BCUT2D eigenvalue weighted by Gasteiger charge is 2.28. The van der Waals surface area contributed by atoms with Gasteiger partial charge in [0, 0.05) is 45.9 Å². The summed E-state index contributed by atoms with van der Waals surface area (Å²) in [5, 5.41) is 12.3. The SMILES string of the molecule is CNCCCC(N)Cc1cc(-c2ccc(C#N)c(F)c2)c(-c2ccc(N)c(C=NC3CC(OC)C3)c2)s1. The van der Waals surface area contributed by atoms with Crippen LogP contribution in [-0.2, 0) is 11.2 Å². The Balaban J connectivity index is 1.67. The molecule has 1 heterocycles. The summed E-state index contributed by atoms with van der Waals surface area (Å²) in [5.74, 6) is -0.526. The van der Waals surface area contributed by atoms with Crippen molar-refractivity contribution in [2.24, 2.45) is 10.7 Å². The summed E-state index contributed by atoms with van der Waals surface area (Å²) in [4.78, 5) is 6.85. The summed E-state index contributed by atoms with van der Waals surface area (Å²) in [6, 6.07) is 15.0. The molecule has 4 rings (SSSR count). The van der Waals surface area contributed by atoms with Gasteiger partial charge in [-0.3, -0.25) is 4.99 Å². The fourth-order valence-electron chi connectivity index (χ4n) is 4.51. The minimum atomic E-state index is -0.526. The molecular formula is C29H34FN5OS. The van der Waals surface area contributed by atoms with Crippen molar-refractivity contribution in [2.75, 3.05) is 26.4 Å². The molecule has 8 heteroatoms. The van der Waals surface area contributed by atoms with Crippen LogP contribution in [0.4, 0.5) is 10.1 Å². The van der Waals surface area contributed by atoms with E-state index in [1.807, 2.05) is 37.5 Å². The number of nitrogens with zero attached hydrogens (tertiary/aromatic N) is 2. The maximum atomic E-state index is 14.6. The number of benzene rings is 2. The number of ether oxygens (including phenoxy) is 1. The van der Waals surface area contributed by atoms with Crippen molar-refractivity contribution >= 4 is 23.2 Å². The smallest absolute Gasteiger partial charge is 0.141 e. The van der Waals surface area contributed by atoms with Crippen molar-refractivity contribution < 1.29 is 9.13 Å². The molecule has 0 bridgehead atoms. The number of nitrogens with one attached hydrogen (secondary N) is 1. The van der Waals surface area contributed by atoms with E-state index in [0.29, 0.717) is 5.69 Å². The van der Waals surface area contributed by atoms with Crippen molar-refractivity contribution in [3.8, 4) is 27.6 Å². The molecule has 0 spiro atoms. The average molecular weight is 520 g/mol. The number of halogens is 1. The third-order valence-electron chi connectivity index (χ3n) is 6.83. The van der Waals surface area contributed by atoms with Gasteiger partial charge in [-0.15, -0.1) is 11.3 Å². The zero-order chi connectivity index (χ0) is 26.4. The number of nitrogens with two attached hydrogens (primary N) is 2. The van der Waals surface area contributed by atoms with Crippen LogP contribution < -0.4 is 16.8 Å². The molecule has 0 saturated heterocycles. The predicted octanol–water partition coefficient (Wildman–Crippen LogP) is 5.14. The van der Waals surface area contributed by atoms with Crippen molar-refractivity contribution in [1.82, 2.24) is 5.32 Å². The van der Waals surface area contributed by atoms with Crippen LogP contribution in [0.5, 0.6) is 0 Å². The van der Waals surface area contributed by atoms with E-state index in [4.69, 9.17) is 26.5 Å². The van der Waals surface area contributed by atoms with Crippen LogP contribution in [-0.4, -0.2) is 45.1 Å². The van der Waals surface area contributed by atoms with Crippen LogP contribution in [0.2, 0.25) is 0 Å². The highest BCUT2D eigenvalue weighted by Crippen LogP contribution is 2.41. The summed E-state index contributed by atoms with van der Waals surface area (Å²) in [6.45, 7) is 0.932. The Kier molecular flexibility index (Phi) is 9.06. The summed E-state index contributed by atoms with van der Waals surface area (Å²) >= 11 is 1.66. The number of nitriles is 1. The standard InChI is InChI=1S/C29H34FN5OS/c1-34-9-3-4-22(32)12-25-15-26(18-5-6-20(16-31)27(30)11-18)29(37-25)19-7-8-28(33)21(10-19)17-35-23-13-24(14-23)36-2/h5-8,10-11,15,17,22-24,34H,3-4,9,12-14,32-33H2,1-2H3. The first-order valence-corrected chi connectivity index (χ1v) is 13.4. The van der Waals surface area contributed by atoms with Gasteiger partial charge >= 0.3 is 0 Å². The third-order valence-corrected chi connectivity index (χ3v) is 8.03. The fraction of sp³-hybridized carbons (Fsp3) is 0.379. The Labute approximate surface area is 222 Å². The molecular weight excluding hydrogens is 485 g/mol. The molecule has 1 fully saturated rings. The number of thiophene rings is 1. The lowest BCUT2D eigenvalue weighted by atomic mass is 9.90. The van der Waals surface area contributed by atoms with Gasteiger partial charge in [-0.25, -0.2) is 4.39 Å². The molecule has 0 radical (unpaired) electrons. The van der Waals surface area contributed by atoms with Crippen LogP contribution in [0, 0.1) is 17.1 Å². The maximum Gasteiger partial charge on any atom is 0.141 e. The number of nitrogen functional groups attached to an aromatic ring is 1. The predicted molar refractivity (Wildman–Crippen MR) is 151 cm³/mol. The molecule has 5 N–H and O–H groups in total. The van der Waals surface area contributed by atoms with E-state index in [0.717, 1.165) is 70.7 Å². The van der Waals surface area contributed by atoms with E-state index in [2.05, 4.69) is 11.4 Å². The Morgan fingerprint density at radius 3 is 2.73 bits per heavy atom. The van der Waals surface area contributed by atoms with E-state index in [1.54, 1.807) is 24.5 Å². The normalized spacial score (nSPS) is 18.0. The number of rotatable bonds is 11.